The number of fused-ring (bicyclic) bond motifs is 1. The van der Waals surface area contributed by atoms with Crippen molar-refractivity contribution in [3.63, 3.8) is 0 Å². The van der Waals surface area contributed by atoms with Crippen molar-refractivity contribution in [3.05, 3.63) is 12.2 Å². The molecule has 1 saturated carbocycles. The quantitative estimate of drug-likeness (QED) is 0.643. The summed E-state index contributed by atoms with van der Waals surface area (Å²) in [5.74, 6) is 1.26. The molecule has 0 radical (unpaired) electrons. The number of aliphatic hydroxyl groups excluding tert-OH is 1. The largest absolute Gasteiger partial charge is 0.435 e. The van der Waals surface area contributed by atoms with E-state index in [4.69, 9.17) is 9.47 Å². The molecule has 1 aliphatic heterocycles. The van der Waals surface area contributed by atoms with Crippen LogP contribution in [0, 0.1) is 29.6 Å². The maximum atomic E-state index is 12.0. The van der Waals surface area contributed by atoms with Crippen molar-refractivity contribution in [2.45, 2.75) is 65.0 Å². The third-order valence-corrected chi connectivity index (χ3v) is 5.64. The van der Waals surface area contributed by atoms with E-state index in [9.17, 15) is 9.90 Å². The molecule has 0 aromatic rings. The fourth-order valence-electron chi connectivity index (χ4n) is 4.28. The van der Waals surface area contributed by atoms with E-state index in [0.29, 0.717) is 24.2 Å². The molecule has 0 aromatic heterocycles. The van der Waals surface area contributed by atoms with Gasteiger partial charge in [-0.2, -0.15) is 0 Å². The van der Waals surface area contributed by atoms with Gasteiger partial charge in [0, 0.05) is 5.92 Å². The predicted octanol–water partition coefficient (Wildman–Crippen LogP) is 2.90. The zero-order valence-electron chi connectivity index (χ0n) is 13.8. The van der Waals surface area contributed by atoms with Gasteiger partial charge < -0.3 is 14.6 Å². The molecule has 0 spiro atoms. The summed E-state index contributed by atoms with van der Waals surface area (Å²) in [5.41, 5.74) is 0. The highest BCUT2D eigenvalue weighted by Gasteiger charge is 2.48. The Morgan fingerprint density at radius 3 is 2.77 bits per heavy atom. The van der Waals surface area contributed by atoms with E-state index in [2.05, 4.69) is 20.8 Å². The first-order valence-corrected chi connectivity index (χ1v) is 8.68. The Morgan fingerprint density at radius 1 is 1.27 bits per heavy atom. The molecule has 7 atom stereocenters. The molecule has 1 N–H and O–H groups in total. The molecule has 2 aliphatic carbocycles. The van der Waals surface area contributed by atoms with E-state index in [1.807, 2.05) is 0 Å². The highest BCUT2D eigenvalue weighted by molar-refractivity contribution is 5.77. The van der Waals surface area contributed by atoms with Crippen LogP contribution in [0.5, 0.6) is 0 Å². The first-order chi connectivity index (χ1) is 10.5. The van der Waals surface area contributed by atoms with E-state index in [1.165, 1.54) is 12.8 Å². The number of cyclic esters (lactones) is 1. The van der Waals surface area contributed by atoms with Crippen molar-refractivity contribution in [2.24, 2.45) is 29.6 Å². The standard InChI is InChI=1S/C18H28O4/c1-10(2)13-6-4-11(3)8-16(13)21-18-15-9-12(19)5-7-14(15)17(20)22-18/h5,7,10-16,18-19H,4,6,8-9H2,1-3H3/t11-,12-,13+,14+,15-,16-,18-/m0/s1. The van der Waals surface area contributed by atoms with Gasteiger partial charge in [-0.15, -0.1) is 0 Å². The Kier molecular flexibility index (Phi) is 4.60. The minimum absolute atomic E-state index is 0.0439. The first kappa shape index (κ1) is 16.0. The Balaban J connectivity index is 1.71. The van der Waals surface area contributed by atoms with Crippen LogP contribution in [-0.4, -0.2) is 29.6 Å². The lowest BCUT2D eigenvalue weighted by molar-refractivity contribution is -0.197. The van der Waals surface area contributed by atoms with Crippen LogP contribution in [0.1, 0.15) is 46.5 Å². The number of hydrogen-bond acceptors (Lipinski definition) is 4. The van der Waals surface area contributed by atoms with Crippen molar-refractivity contribution in [2.75, 3.05) is 0 Å². The van der Waals surface area contributed by atoms with Gasteiger partial charge in [-0.3, -0.25) is 4.79 Å². The number of aliphatic hydroxyl groups is 1. The summed E-state index contributed by atoms with van der Waals surface area (Å²) in [7, 11) is 0. The van der Waals surface area contributed by atoms with Gasteiger partial charge in [-0.05, 0) is 37.0 Å². The number of hydrogen-bond donors (Lipinski definition) is 1. The summed E-state index contributed by atoms with van der Waals surface area (Å²) in [6, 6.07) is 0. The predicted molar refractivity (Wildman–Crippen MR) is 82.8 cm³/mol. The van der Waals surface area contributed by atoms with Crippen LogP contribution in [0.15, 0.2) is 12.2 Å². The number of carbonyl (C=O) groups is 1. The zero-order chi connectivity index (χ0) is 15.9. The fourth-order valence-corrected chi connectivity index (χ4v) is 4.28. The van der Waals surface area contributed by atoms with Gasteiger partial charge in [-0.1, -0.05) is 39.3 Å². The summed E-state index contributed by atoms with van der Waals surface area (Å²) in [6.07, 6.45) is 6.67. The highest BCUT2D eigenvalue weighted by atomic mass is 16.7. The normalized spacial score (nSPS) is 45.0. The number of carbonyl (C=O) groups excluding carboxylic acids is 1. The summed E-state index contributed by atoms with van der Waals surface area (Å²) in [4.78, 5) is 12.0. The molecule has 2 fully saturated rings. The Bertz CT molecular complexity index is 444. The van der Waals surface area contributed by atoms with Crippen molar-refractivity contribution in [3.8, 4) is 0 Å². The molecule has 4 heteroatoms. The second-order valence-electron chi connectivity index (χ2n) is 7.68. The number of ether oxygens (including phenoxy) is 2. The minimum Gasteiger partial charge on any atom is -0.435 e. The second-order valence-corrected chi connectivity index (χ2v) is 7.68. The average Bonchev–Trinajstić information content (AvgIpc) is 2.74. The minimum atomic E-state index is -0.493. The molecule has 0 amide bonds. The van der Waals surface area contributed by atoms with Crippen LogP contribution < -0.4 is 0 Å². The van der Waals surface area contributed by atoms with Gasteiger partial charge in [0.2, 0.25) is 6.29 Å². The van der Waals surface area contributed by atoms with E-state index in [0.717, 1.165) is 6.42 Å². The van der Waals surface area contributed by atoms with Crippen LogP contribution in [0.2, 0.25) is 0 Å². The van der Waals surface area contributed by atoms with Gasteiger partial charge in [0.25, 0.3) is 0 Å². The van der Waals surface area contributed by atoms with E-state index in [1.54, 1.807) is 12.2 Å². The molecule has 22 heavy (non-hydrogen) atoms. The van der Waals surface area contributed by atoms with Crippen LogP contribution in [0.25, 0.3) is 0 Å². The number of esters is 1. The smallest absolute Gasteiger partial charge is 0.315 e. The maximum absolute atomic E-state index is 12.0. The molecule has 3 rings (SSSR count). The van der Waals surface area contributed by atoms with Crippen LogP contribution in [-0.2, 0) is 14.3 Å². The average molecular weight is 308 g/mol. The van der Waals surface area contributed by atoms with Gasteiger partial charge in [0.15, 0.2) is 0 Å². The monoisotopic (exact) mass is 308 g/mol. The number of rotatable bonds is 3. The summed E-state index contributed by atoms with van der Waals surface area (Å²) in [5, 5.41) is 9.84. The van der Waals surface area contributed by atoms with Crippen molar-refractivity contribution in [1.82, 2.24) is 0 Å². The van der Waals surface area contributed by atoms with Crippen LogP contribution >= 0.6 is 0 Å². The van der Waals surface area contributed by atoms with Gasteiger partial charge >= 0.3 is 5.97 Å². The van der Waals surface area contributed by atoms with Crippen molar-refractivity contribution < 1.29 is 19.4 Å². The summed E-state index contributed by atoms with van der Waals surface area (Å²) < 4.78 is 11.8. The summed E-state index contributed by atoms with van der Waals surface area (Å²) in [6.45, 7) is 6.75. The molecule has 0 unspecified atom stereocenters. The molecule has 3 aliphatic rings. The zero-order valence-corrected chi connectivity index (χ0v) is 13.8. The molecular weight excluding hydrogens is 280 g/mol. The lowest BCUT2D eigenvalue weighted by Gasteiger charge is -2.39. The van der Waals surface area contributed by atoms with Crippen molar-refractivity contribution >= 4 is 5.97 Å². The van der Waals surface area contributed by atoms with Gasteiger partial charge in [-0.25, -0.2) is 0 Å². The van der Waals surface area contributed by atoms with Crippen molar-refractivity contribution in [1.29, 1.82) is 0 Å². The topological polar surface area (TPSA) is 55.8 Å². The third kappa shape index (κ3) is 3.09. The molecule has 124 valence electrons. The Hall–Kier alpha value is -0.870. The van der Waals surface area contributed by atoms with Crippen LogP contribution in [0.4, 0.5) is 0 Å². The molecule has 0 bridgehead atoms. The second kappa shape index (κ2) is 6.32. The SMILES string of the molecule is CC(C)[C@H]1CC[C@H](C)C[C@@H]1O[C@H]1OC(=O)[C@@H]2C=C[C@H](O)C[C@H]12. The Morgan fingerprint density at radius 2 is 2.05 bits per heavy atom. The third-order valence-electron chi connectivity index (χ3n) is 5.64. The maximum Gasteiger partial charge on any atom is 0.315 e. The lowest BCUT2D eigenvalue weighted by Crippen LogP contribution is -2.39. The van der Waals surface area contributed by atoms with Gasteiger partial charge in [0.05, 0.1) is 18.1 Å². The van der Waals surface area contributed by atoms with Crippen LogP contribution in [0.3, 0.4) is 0 Å². The lowest BCUT2D eigenvalue weighted by atomic mass is 9.75. The molecule has 4 nitrogen and oxygen atoms in total. The van der Waals surface area contributed by atoms with E-state index < -0.39 is 12.4 Å². The summed E-state index contributed by atoms with van der Waals surface area (Å²) >= 11 is 0. The molecule has 1 heterocycles. The molecule has 0 aromatic carbocycles. The van der Waals surface area contributed by atoms with E-state index in [-0.39, 0.29) is 23.9 Å². The molecule has 1 saturated heterocycles. The van der Waals surface area contributed by atoms with E-state index >= 15 is 0 Å². The Labute approximate surface area is 132 Å². The molecular formula is C18H28O4. The first-order valence-electron chi connectivity index (χ1n) is 8.68. The highest BCUT2D eigenvalue weighted by Crippen LogP contribution is 2.41. The van der Waals surface area contributed by atoms with Gasteiger partial charge in [0.1, 0.15) is 0 Å². The fraction of sp³-hybridized carbons (Fsp3) is 0.833.